The van der Waals surface area contributed by atoms with Gasteiger partial charge in [0.25, 0.3) is 0 Å². The number of primary amides is 1. The lowest BCUT2D eigenvalue weighted by Crippen LogP contribution is -2.24. The minimum Gasteiger partial charge on any atom is -0.368 e. The Hall–Kier alpha value is -1.43. The Morgan fingerprint density at radius 3 is 2.62 bits per heavy atom. The van der Waals surface area contributed by atoms with E-state index in [1.54, 1.807) is 13.8 Å². The maximum atomic E-state index is 10.8. The zero-order valence-electron chi connectivity index (χ0n) is 7.64. The van der Waals surface area contributed by atoms with Gasteiger partial charge in [-0.15, -0.1) is 0 Å². The van der Waals surface area contributed by atoms with Gasteiger partial charge in [0.1, 0.15) is 12.4 Å². The molecule has 0 saturated carbocycles. The van der Waals surface area contributed by atoms with Gasteiger partial charge in [0, 0.05) is 0 Å². The van der Waals surface area contributed by atoms with Gasteiger partial charge in [-0.25, -0.2) is 9.67 Å². The summed E-state index contributed by atoms with van der Waals surface area (Å²) in [6, 6.07) is -0.721. The Morgan fingerprint density at radius 1 is 1.62 bits per heavy atom. The number of carbonyl (C=O) groups is 1. The predicted octanol–water partition coefficient (Wildman–Crippen LogP) is -0.656. The fourth-order valence-electron chi connectivity index (χ4n) is 0.814. The summed E-state index contributed by atoms with van der Waals surface area (Å²) in [6.45, 7) is 3.43. The van der Waals surface area contributed by atoms with Crippen LogP contribution in [-0.4, -0.2) is 20.7 Å². The molecule has 0 radical (unpaired) electrons. The Kier molecular flexibility index (Phi) is 2.62. The molecule has 4 N–H and O–H groups in total. The Labute approximate surface area is 75.9 Å². The number of nitrogens with zero attached hydrogens (tertiary/aromatic N) is 3. The maximum Gasteiger partial charge on any atom is 0.242 e. The number of aromatic nitrogens is 3. The first-order valence-electron chi connectivity index (χ1n) is 3.98. The molecule has 2 atom stereocenters. The molecule has 13 heavy (non-hydrogen) atoms. The van der Waals surface area contributed by atoms with Crippen molar-refractivity contribution < 1.29 is 4.79 Å². The Morgan fingerprint density at radius 2 is 2.23 bits per heavy atom. The van der Waals surface area contributed by atoms with Gasteiger partial charge in [-0.2, -0.15) is 5.10 Å². The zero-order chi connectivity index (χ0) is 10.0. The summed E-state index contributed by atoms with van der Waals surface area (Å²) in [7, 11) is 0. The molecular weight excluding hydrogens is 170 g/mol. The van der Waals surface area contributed by atoms with Crippen LogP contribution in [0.15, 0.2) is 6.33 Å². The first-order chi connectivity index (χ1) is 6.02. The normalized spacial score (nSPS) is 15.3. The lowest BCUT2D eigenvalue weighted by atomic mass is 10.3. The monoisotopic (exact) mass is 183 g/mol. The van der Waals surface area contributed by atoms with Crippen LogP contribution in [0.2, 0.25) is 0 Å². The van der Waals surface area contributed by atoms with Crippen molar-refractivity contribution in [3.63, 3.8) is 0 Å². The number of rotatable bonds is 3. The van der Waals surface area contributed by atoms with Gasteiger partial charge in [-0.3, -0.25) is 4.79 Å². The van der Waals surface area contributed by atoms with E-state index in [-0.39, 0.29) is 6.04 Å². The zero-order valence-corrected chi connectivity index (χ0v) is 7.64. The van der Waals surface area contributed by atoms with E-state index in [0.29, 0.717) is 5.82 Å². The molecule has 0 aliphatic heterocycles. The van der Waals surface area contributed by atoms with Gasteiger partial charge in [0.05, 0.1) is 6.04 Å². The quantitative estimate of drug-likeness (QED) is 0.649. The SMILES string of the molecule is CC(N)c1ncn(C(C)C(N)=O)n1. The van der Waals surface area contributed by atoms with E-state index in [0.717, 1.165) is 0 Å². The highest BCUT2D eigenvalue weighted by Gasteiger charge is 2.14. The van der Waals surface area contributed by atoms with Crippen molar-refractivity contribution >= 4 is 5.91 Å². The van der Waals surface area contributed by atoms with E-state index in [4.69, 9.17) is 11.5 Å². The van der Waals surface area contributed by atoms with Crippen molar-refractivity contribution in [3.8, 4) is 0 Å². The average Bonchev–Trinajstić information content (AvgIpc) is 2.50. The molecule has 0 aliphatic carbocycles. The summed E-state index contributed by atoms with van der Waals surface area (Å²) in [5, 5.41) is 4.01. The molecule has 0 aliphatic rings. The molecule has 0 spiro atoms. The third-order valence-corrected chi connectivity index (χ3v) is 1.74. The van der Waals surface area contributed by atoms with Crippen LogP contribution in [0.5, 0.6) is 0 Å². The molecule has 6 heteroatoms. The van der Waals surface area contributed by atoms with Crippen LogP contribution in [0, 0.1) is 0 Å². The van der Waals surface area contributed by atoms with Crippen molar-refractivity contribution in [1.82, 2.24) is 14.8 Å². The van der Waals surface area contributed by atoms with Crippen LogP contribution in [0.25, 0.3) is 0 Å². The van der Waals surface area contributed by atoms with Crippen LogP contribution < -0.4 is 11.5 Å². The van der Waals surface area contributed by atoms with Crippen molar-refractivity contribution in [2.45, 2.75) is 25.9 Å². The van der Waals surface area contributed by atoms with Crippen molar-refractivity contribution in [2.24, 2.45) is 11.5 Å². The molecule has 6 nitrogen and oxygen atoms in total. The molecule has 1 aromatic rings. The highest BCUT2D eigenvalue weighted by atomic mass is 16.1. The lowest BCUT2D eigenvalue weighted by Gasteiger charge is -2.05. The second-order valence-corrected chi connectivity index (χ2v) is 2.95. The van der Waals surface area contributed by atoms with Crippen LogP contribution in [-0.2, 0) is 4.79 Å². The number of nitrogens with two attached hydrogens (primary N) is 2. The van der Waals surface area contributed by atoms with Crippen molar-refractivity contribution in [2.75, 3.05) is 0 Å². The molecule has 72 valence electrons. The third-order valence-electron chi connectivity index (χ3n) is 1.74. The van der Waals surface area contributed by atoms with Crippen LogP contribution in [0.1, 0.15) is 31.8 Å². The van der Waals surface area contributed by atoms with E-state index in [1.165, 1.54) is 11.0 Å². The summed E-state index contributed by atoms with van der Waals surface area (Å²) in [6.07, 6.45) is 1.45. The lowest BCUT2D eigenvalue weighted by molar-refractivity contribution is -0.120. The molecule has 1 heterocycles. The Bertz CT molecular complexity index is 306. The fourth-order valence-corrected chi connectivity index (χ4v) is 0.814. The maximum absolute atomic E-state index is 10.8. The van der Waals surface area contributed by atoms with Crippen molar-refractivity contribution in [1.29, 1.82) is 0 Å². The second-order valence-electron chi connectivity index (χ2n) is 2.95. The topological polar surface area (TPSA) is 99.8 Å². The third kappa shape index (κ3) is 2.03. The first-order valence-corrected chi connectivity index (χ1v) is 3.98. The van der Waals surface area contributed by atoms with Gasteiger partial charge in [0.2, 0.25) is 5.91 Å². The minimum atomic E-state index is -0.486. The van der Waals surface area contributed by atoms with Gasteiger partial charge >= 0.3 is 0 Å². The molecule has 0 saturated heterocycles. The number of amides is 1. The van der Waals surface area contributed by atoms with Crippen LogP contribution >= 0.6 is 0 Å². The summed E-state index contributed by atoms with van der Waals surface area (Å²) in [5.74, 6) is 0.0641. The second kappa shape index (κ2) is 3.53. The smallest absolute Gasteiger partial charge is 0.242 e. The van der Waals surface area contributed by atoms with Gasteiger partial charge in [0.15, 0.2) is 5.82 Å². The van der Waals surface area contributed by atoms with E-state index in [2.05, 4.69) is 10.1 Å². The summed E-state index contributed by atoms with van der Waals surface area (Å²) >= 11 is 0. The molecular formula is C7H13N5O. The summed E-state index contributed by atoms with van der Waals surface area (Å²) in [5.41, 5.74) is 10.6. The standard InChI is InChI=1S/C7H13N5O/c1-4(8)7-10-3-12(11-7)5(2)6(9)13/h3-5H,8H2,1-2H3,(H2,9,13). The molecule has 0 aromatic carbocycles. The highest BCUT2D eigenvalue weighted by Crippen LogP contribution is 2.06. The predicted molar refractivity (Wildman–Crippen MR) is 46.5 cm³/mol. The van der Waals surface area contributed by atoms with E-state index < -0.39 is 11.9 Å². The van der Waals surface area contributed by atoms with Gasteiger partial charge in [-0.1, -0.05) is 0 Å². The Balaban J connectivity index is 2.85. The molecule has 0 bridgehead atoms. The molecule has 1 rings (SSSR count). The molecule has 0 fully saturated rings. The van der Waals surface area contributed by atoms with Crippen molar-refractivity contribution in [3.05, 3.63) is 12.2 Å². The van der Waals surface area contributed by atoms with Gasteiger partial charge in [-0.05, 0) is 13.8 Å². The minimum absolute atomic E-state index is 0.235. The highest BCUT2D eigenvalue weighted by molar-refractivity contribution is 5.77. The molecule has 1 aromatic heterocycles. The van der Waals surface area contributed by atoms with E-state index >= 15 is 0 Å². The number of carbonyl (C=O) groups excluding carboxylic acids is 1. The van der Waals surface area contributed by atoms with E-state index in [1.807, 2.05) is 0 Å². The average molecular weight is 183 g/mol. The van der Waals surface area contributed by atoms with Crippen LogP contribution in [0.4, 0.5) is 0 Å². The number of hydrogen-bond acceptors (Lipinski definition) is 4. The summed E-state index contributed by atoms with van der Waals surface area (Å²) < 4.78 is 1.40. The van der Waals surface area contributed by atoms with Crippen LogP contribution in [0.3, 0.4) is 0 Å². The summed E-state index contributed by atoms with van der Waals surface area (Å²) in [4.78, 5) is 14.7. The number of hydrogen-bond donors (Lipinski definition) is 2. The largest absolute Gasteiger partial charge is 0.368 e. The first kappa shape index (κ1) is 9.66. The molecule has 2 unspecified atom stereocenters. The van der Waals surface area contributed by atoms with Gasteiger partial charge < -0.3 is 11.5 Å². The molecule has 1 amide bonds. The fraction of sp³-hybridized carbons (Fsp3) is 0.571. The van der Waals surface area contributed by atoms with E-state index in [9.17, 15) is 4.79 Å².